The maximum absolute atomic E-state index is 13.6. The van der Waals surface area contributed by atoms with E-state index in [2.05, 4.69) is 10.3 Å². The molecule has 0 aliphatic carbocycles. The predicted molar refractivity (Wildman–Crippen MR) is 97.7 cm³/mol. The molecular formula is C20H19F2N3O. The lowest BCUT2D eigenvalue weighted by atomic mass is 9.98. The number of primary amides is 1. The van der Waals surface area contributed by atoms with E-state index in [1.54, 1.807) is 24.3 Å². The lowest BCUT2D eigenvalue weighted by Crippen LogP contribution is -2.31. The Morgan fingerprint density at radius 3 is 2.50 bits per heavy atom. The number of nitrogens with one attached hydrogen (secondary N) is 1. The highest BCUT2D eigenvalue weighted by Crippen LogP contribution is 2.24. The number of anilines is 1. The van der Waals surface area contributed by atoms with Crippen LogP contribution < -0.4 is 11.1 Å². The van der Waals surface area contributed by atoms with E-state index in [0.717, 1.165) is 11.3 Å². The van der Waals surface area contributed by atoms with E-state index in [-0.39, 0.29) is 18.2 Å². The van der Waals surface area contributed by atoms with Crippen molar-refractivity contribution in [3.05, 3.63) is 71.4 Å². The van der Waals surface area contributed by atoms with Gasteiger partial charge in [-0.1, -0.05) is 12.1 Å². The third-order valence-electron chi connectivity index (χ3n) is 4.24. The summed E-state index contributed by atoms with van der Waals surface area (Å²) < 4.78 is 26.6. The van der Waals surface area contributed by atoms with Crippen LogP contribution in [0.15, 0.2) is 48.5 Å². The summed E-state index contributed by atoms with van der Waals surface area (Å²) >= 11 is 0. The topological polar surface area (TPSA) is 68.0 Å². The minimum atomic E-state index is -0.488. The second-order valence-electron chi connectivity index (χ2n) is 6.28. The van der Waals surface area contributed by atoms with Gasteiger partial charge in [0.25, 0.3) is 0 Å². The van der Waals surface area contributed by atoms with Crippen LogP contribution in [0.1, 0.15) is 11.3 Å². The van der Waals surface area contributed by atoms with Crippen molar-refractivity contribution in [1.29, 1.82) is 0 Å². The average molecular weight is 355 g/mol. The van der Waals surface area contributed by atoms with Crippen molar-refractivity contribution in [2.75, 3.05) is 11.9 Å². The highest BCUT2D eigenvalue weighted by molar-refractivity contribution is 5.91. The first-order chi connectivity index (χ1) is 12.4. The van der Waals surface area contributed by atoms with Gasteiger partial charge in [0.2, 0.25) is 5.91 Å². The lowest BCUT2D eigenvalue weighted by Gasteiger charge is -2.17. The first-order valence-electron chi connectivity index (χ1n) is 8.27. The van der Waals surface area contributed by atoms with Gasteiger partial charge in [0.15, 0.2) is 0 Å². The zero-order chi connectivity index (χ0) is 18.7. The van der Waals surface area contributed by atoms with Gasteiger partial charge in [-0.15, -0.1) is 0 Å². The van der Waals surface area contributed by atoms with Crippen LogP contribution in [0, 0.1) is 24.5 Å². The monoisotopic (exact) mass is 355 g/mol. The van der Waals surface area contributed by atoms with Crippen LogP contribution in [0.3, 0.4) is 0 Å². The van der Waals surface area contributed by atoms with Crippen LogP contribution in [0.2, 0.25) is 0 Å². The summed E-state index contributed by atoms with van der Waals surface area (Å²) in [6.07, 6.45) is 0.388. The molecule has 1 unspecified atom stereocenters. The number of aryl methyl sites for hydroxylation is 1. The molecule has 0 spiro atoms. The van der Waals surface area contributed by atoms with Crippen LogP contribution >= 0.6 is 0 Å². The Kier molecular flexibility index (Phi) is 5.11. The number of pyridine rings is 1. The second kappa shape index (κ2) is 7.47. The van der Waals surface area contributed by atoms with Gasteiger partial charge in [-0.25, -0.2) is 8.78 Å². The quantitative estimate of drug-likeness (QED) is 0.710. The number of nitrogens with two attached hydrogens (primary N) is 1. The summed E-state index contributed by atoms with van der Waals surface area (Å²) in [7, 11) is 0. The van der Waals surface area contributed by atoms with Crippen LogP contribution in [-0.4, -0.2) is 17.4 Å². The van der Waals surface area contributed by atoms with Crippen LogP contribution in [0.25, 0.3) is 10.9 Å². The molecular weight excluding hydrogens is 336 g/mol. The third-order valence-corrected chi connectivity index (χ3v) is 4.24. The molecule has 26 heavy (non-hydrogen) atoms. The predicted octanol–water partition coefficient (Wildman–Crippen LogP) is 3.58. The highest BCUT2D eigenvalue weighted by Gasteiger charge is 2.17. The molecule has 4 nitrogen and oxygen atoms in total. The van der Waals surface area contributed by atoms with Crippen molar-refractivity contribution in [1.82, 2.24) is 4.98 Å². The minimum Gasteiger partial charge on any atom is -0.384 e. The molecule has 0 saturated heterocycles. The summed E-state index contributed by atoms with van der Waals surface area (Å²) in [6, 6.07) is 12.2. The third kappa shape index (κ3) is 4.14. The molecule has 2 aromatic carbocycles. The minimum absolute atomic E-state index is 0.280. The Hall–Kier alpha value is -3.02. The van der Waals surface area contributed by atoms with Gasteiger partial charge in [0, 0.05) is 23.3 Å². The number of carbonyl (C=O) groups is 1. The Morgan fingerprint density at radius 1 is 1.12 bits per heavy atom. The Morgan fingerprint density at radius 2 is 1.81 bits per heavy atom. The molecule has 3 rings (SSSR count). The van der Waals surface area contributed by atoms with E-state index in [4.69, 9.17) is 5.73 Å². The van der Waals surface area contributed by atoms with Gasteiger partial charge in [-0.3, -0.25) is 9.78 Å². The van der Waals surface area contributed by atoms with Crippen molar-refractivity contribution in [2.24, 2.45) is 11.7 Å². The molecule has 3 N–H and O–H groups in total. The number of hydrogen-bond acceptors (Lipinski definition) is 3. The number of aromatic nitrogens is 1. The second-order valence-corrected chi connectivity index (χ2v) is 6.28. The molecule has 0 aliphatic heterocycles. The number of benzene rings is 2. The molecule has 0 saturated carbocycles. The molecule has 134 valence electrons. The van der Waals surface area contributed by atoms with Gasteiger partial charge >= 0.3 is 0 Å². The van der Waals surface area contributed by atoms with E-state index in [0.29, 0.717) is 23.0 Å². The smallest absolute Gasteiger partial charge is 0.222 e. The SMILES string of the molecule is Cc1cc(NCC(Cc2ccc(F)cc2)C(N)=O)c2cc(F)ccc2n1. The number of amides is 1. The van der Waals surface area contributed by atoms with E-state index >= 15 is 0 Å². The first-order valence-corrected chi connectivity index (χ1v) is 8.27. The maximum atomic E-state index is 13.6. The Bertz CT molecular complexity index is 942. The number of rotatable bonds is 6. The summed E-state index contributed by atoms with van der Waals surface area (Å²) in [4.78, 5) is 16.2. The van der Waals surface area contributed by atoms with Crippen molar-refractivity contribution < 1.29 is 13.6 Å². The molecule has 6 heteroatoms. The fraction of sp³-hybridized carbons (Fsp3) is 0.200. The largest absolute Gasteiger partial charge is 0.384 e. The normalized spacial score (nSPS) is 12.1. The number of carbonyl (C=O) groups excluding carboxylic acids is 1. The molecule has 1 atom stereocenters. The molecule has 0 bridgehead atoms. The average Bonchev–Trinajstić information content (AvgIpc) is 2.60. The van der Waals surface area contributed by atoms with E-state index in [9.17, 15) is 13.6 Å². The molecule has 0 aliphatic rings. The summed E-state index contributed by atoms with van der Waals surface area (Å²) in [5.41, 5.74) is 8.48. The number of halogens is 2. The van der Waals surface area contributed by atoms with Gasteiger partial charge in [0.05, 0.1) is 11.4 Å². The Labute approximate surface area is 150 Å². The number of nitrogens with zero attached hydrogens (tertiary/aromatic N) is 1. The lowest BCUT2D eigenvalue weighted by molar-refractivity contribution is -0.121. The van der Waals surface area contributed by atoms with Crippen LogP contribution in [0.4, 0.5) is 14.5 Å². The molecule has 1 amide bonds. The van der Waals surface area contributed by atoms with E-state index in [1.165, 1.54) is 24.3 Å². The maximum Gasteiger partial charge on any atom is 0.222 e. The number of fused-ring (bicyclic) bond motifs is 1. The number of hydrogen-bond donors (Lipinski definition) is 2. The molecule has 1 aromatic heterocycles. The first kappa shape index (κ1) is 17.8. The summed E-state index contributed by atoms with van der Waals surface area (Å²) in [5.74, 6) is -1.63. The molecule has 1 heterocycles. The zero-order valence-corrected chi connectivity index (χ0v) is 14.3. The summed E-state index contributed by atoms with van der Waals surface area (Å²) in [5, 5.41) is 3.83. The van der Waals surface area contributed by atoms with E-state index in [1.807, 2.05) is 6.92 Å². The van der Waals surface area contributed by atoms with Crippen molar-refractivity contribution in [3.8, 4) is 0 Å². The molecule has 0 radical (unpaired) electrons. The van der Waals surface area contributed by atoms with Crippen molar-refractivity contribution >= 4 is 22.5 Å². The molecule has 0 fully saturated rings. The van der Waals surface area contributed by atoms with E-state index < -0.39 is 11.8 Å². The summed E-state index contributed by atoms with van der Waals surface area (Å²) in [6.45, 7) is 2.12. The van der Waals surface area contributed by atoms with Gasteiger partial charge < -0.3 is 11.1 Å². The fourth-order valence-corrected chi connectivity index (χ4v) is 2.89. The van der Waals surface area contributed by atoms with Gasteiger partial charge in [-0.2, -0.15) is 0 Å². The standard InChI is InChI=1S/C20H19F2N3O/c1-12-8-19(17-10-16(22)6-7-18(17)25-12)24-11-14(20(23)26)9-13-2-4-15(21)5-3-13/h2-8,10,14H,9,11H2,1H3,(H2,23,26)(H,24,25). The van der Waals surface area contributed by atoms with Crippen molar-refractivity contribution in [2.45, 2.75) is 13.3 Å². The van der Waals surface area contributed by atoms with Gasteiger partial charge in [0.1, 0.15) is 11.6 Å². The fourth-order valence-electron chi connectivity index (χ4n) is 2.89. The van der Waals surface area contributed by atoms with Crippen LogP contribution in [0.5, 0.6) is 0 Å². The Balaban J connectivity index is 1.81. The molecule has 3 aromatic rings. The van der Waals surface area contributed by atoms with Crippen LogP contribution in [-0.2, 0) is 11.2 Å². The van der Waals surface area contributed by atoms with Crippen molar-refractivity contribution in [3.63, 3.8) is 0 Å². The van der Waals surface area contributed by atoms with Gasteiger partial charge in [-0.05, 0) is 55.3 Å². The highest BCUT2D eigenvalue weighted by atomic mass is 19.1. The zero-order valence-electron chi connectivity index (χ0n) is 14.3.